The molecule has 0 radical (unpaired) electrons. The van der Waals surface area contributed by atoms with Gasteiger partial charge in [-0.15, -0.1) is 12.4 Å². The number of rotatable bonds is 7. The third-order valence-electron chi connectivity index (χ3n) is 3.22. The average molecular weight is 480 g/mol. The van der Waals surface area contributed by atoms with E-state index in [2.05, 4.69) is 37.2 Å². The van der Waals surface area contributed by atoms with Crippen LogP contribution in [0.2, 0.25) is 0 Å². The number of hydrogen-bond donors (Lipinski definition) is 2. The van der Waals surface area contributed by atoms with Crippen LogP contribution in [0.25, 0.3) is 0 Å². The summed E-state index contributed by atoms with van der Waals surface area (Å²) in [5.74, 6) is -0.0747. The van der Waals surface area contributed by atoms with E-state index in [0.717, 1.165) is 25.8 Å². The summed E-state index contributed by atoms with van der Waals surface area (Å²) in [4.78, 5) is 10.8. The highest BCUT2D eigenvalue weighted by Crippen LogP contribution is 2.33. The summed E-state index contributed by atoms with van der Waals surface area (Å²) in [6.45, 7) is 3.85. The van der Waals surface area contributed by atoms with E-state index in [1.165, 1.54) is 0 Å². The zero-order valence-corrected chi connectivity index (χ0v) is 17.0. The summed E-state index contributed by atoms with van der Waals surface area (Å²) in [6, 6.07) is 10.8. The third kappa shape index (κ3) is 5.77. The predicted molar refractivity (Wildman–Crippen MR) is 104 cm³/mol. The van der Waals surface area contributed by atoms with Gasteiger partial charge in [-0.3, -0.25) is 0 Å². The highest BCUT2D eigenvalue weighted by molar-refractivity contribution is 9.11. The molecule has 2 aromatic rings. The van der Waals surface area contributed by atoms with Crippen molar-refractivity contribution in [2.45, 2.75) is 20.0 Å². The lowest BCUT2D eigenvalue weighted by atomic mass is 10.1. The van der Waals surface area contributed by atoms with Crippen LogP contribution >= 0.6 is 44.3 Å². The molecule has 0 spiro atoms. The van der Waals surface area contributed by atoms with Gasteiger partial charge < -0.3 is 15.2 Å². The molecule has 4 nitrogen and oxygen atoms in total. The van der Waals surface area contributed by atoms with E-state index in [1.54, 1.807) is 12.1 Å². The lowest BCUT2D eigenvalue weighted by Crippen LogP contribution is -2.14. The van der Waals surface area contributed by atoms with Crippen LogP contribution < -0.4 is 10.1 Å². The van der Waals surface area contributed by atoms with E-state index < -0.39 is 5.97 Å². The fourth-order valence-electron chi connectivity index (χ4n) is 2.16. The molecule has 0 aliphatic carbocycles. The summed E-state index contributed by atoms with van der Waals surface area (Å²) in [6.07, 6.45) is 0. The predicted octanol–water partition coefficient (Wildman–Crippen LogP) is 5.02. The maximum Gasteiger partial charge on any atom is 0.335 e. The van der Waals surface area contributed by atoms with Crippen molar-refractivity contribution in [2.24, 2.45) is 0 Å². The SMILES string of the molecule is CCOc1c(Br)cc(Br)cc1CNCc1ccc(C(=O)O)cc1.Cl. The number of carboxylic acid groups (broad SMARTS) is 1. The van der Waals surface area contributed by atoms with Crippen molar-refractivity contribution < 1.29 is 14.6 Å². The minimum Gasteiger partial charge on any atom is -0.492 e. The number of hydrogen-bond acceptors (Lipinski definition) is 3. The van der Waals surface area contributed by atoms with Gasteiger partial charge in [-0.1, -0.05) is 28.1 Å². The molecule has 130 valence electrons. The van der Waals surface area contributed by atoms with Crippen LogP contribution in [0.1, 0.15) is 28.4 Å². The van der Waals surface area contributed by atoms with Gasteiger partial charge in [-0.2, -0.15) is 0 Å². The maximum atomic E-state index is 10.8. The van der Waals surface area contributed by atoms with Gasteiger partial charge in [0.1, 0.15) is 5.75 Å². The molecule has 7 heteroatoms. The first kappa shape index (κ1) is 21.0. The monoisotopic (exact) mass is 477 g/mol. The number of aromatic carboxylic acids is 1. The smallest absolute Gasteiger partial charge is 0.335 e. The first-order valence-electron chi connectivity index (χ1n) is 7.15. The Morgan fingerprint density at radius 2 is 1.83 bits per heavy atom. The molecule has 2 aromatic carbocycles. The summed E-state index contributed by atoms with van der Waals surface area (Å²) in [7, 11) is 0. The fraction of sp³-hybridized carbons (Fsp3) is 0.235. The van der Waals surface area contributed by atoms with Crippen LogP contribution in [0, 0.1) is 0 Å². The molecule has 0 saturated carbocycles. The van der Waals surface area contributed by atoms with Gasteiger partial charge in [0.05, 0.1) is 16.6 Å². The number of benzene rings is 2. The molecule has 0 heterocycles. The van der Waals surface area contributed by atoms with Crippen LogP contribution in [0.5, 0.6) is 5.75 Å². The Morgan fingerprint density at radius 1 is 1.17 bits per heavy atom. The second-order valence-electron chi connectivity index (χ2n) is 4.91. The molecule has 0 aliphatic rings. The lowest BCUT2D eigenvalue weighted by molar-refractivity contribution is 0.0697. The molecule has 0 fully saturated rings. The second-order valence-corrected chi connectivity index (χ2v) is 6.68. The molecule has 0 aromatic heterocycles. The molecule has 0 bridgehead atoms. The largest absolute Gasteiger partial charge is 0.492 e. The maximum absolute atomic E-state index is 10.8. The Kier molecular flexibility index (Phi) is 8.76. The topological polar surface area (TPSA) is 58.6 Å². The Labute approximate surface area is 164 Å². The molecular formula is C17H18Br2ClNO3. The molecule has 2 N–H and O–H groups in total. The van der Waals surface area contributed by atoms with E-state index in [-0.39, 0.29) is 12.4 Å². The Balaban J connectivity index is 0.00000288. The van der Waals surface area contributed by atoms with Gasteiger partial charge in [0, 0.05) is 23.1 Å². The number of carbonyl (C=O) groups is 1. The van der Waals surface area contributed by atoms with E-state index in [0.29, 0.717) is 25.3 Å². The van der Waals surface area contributed by atoms with Gasteiger partial charge in [0.2, 0.25) is 0 Å². The third-order valence-corrected chi connectivity index (χ3v) is 4.27. The van der Waals surface area contributed by atoms with E-state index in [1.807, 2.05) is 31.2 Å². The van der Waals surface area contributed by atoms with Gasteiger partial charge in [-0.05, 0) is 52.7 Å². The molecule has 0 atom stereocenters. The van der Waals surface area contributed by atoms with E-state index in [9.17, 15) is 4.79 Å². The van der Waals surface area contributed by atoms with Crippen molar-refractivity contribution in [1.29, 1.82) is 0 Å². The van der Waals surface area contributed by atoms with E-state index >= 15 is 0 Å². The van der Waals surface area contributed by atoms with E-state index in [4.69, 9.17) is 9.84 Å². The fourth-order valence-corrected chi connectivity index (χ4v) is 3.59. The number of carboxylic acids is 1. The highest BCUT2D eigenvalue weighted by Gasteiger charge is 2.10. The van der Waals surface area contributed by atoms with Crippen molar-refractivity contribution in [1.82, 2.24) is 5.32 Å². The number of ether oxygens (including phenoxy) is 1. The van der Waals surface area contributed by atoms with Crippen molar-refractivity contribution >= 4 is 50.2 Å². The molecule has 0 amide bonds. The first-order valence-corrected chi connectivity index (χ1v) is 8.73. The highest BCUT2D eigenvalue weighted by atomic mass is 79.9. The van der Waals surface area contributed by atoms with Gasteiger partial charge in [0.15, 0.2) is 0 Å². The average Bonchev–Trinajstić information content (AvgIpc) is 2.51. The van der Waals surface area contributed by atoms with Crippen molar-refractivity contribution in [3.05, 3.63) is 62.0 Å². The molecule has 0 saturated heterocycles. The Hall–Kier alpha value is -1.08. The molecule has 2 rings (SSSR count). The summed E-state index contributed by atoms with van der Waals surface area (Å²) >= 11 is 7.01. The minimum absolute atomic E-state index is 0. The zero-order chi connectivity index (χ0) is 16.8. The van der Waals surface area contributed by atoms with Gasteiger partial charge in [0.25, 0.3) is 0 Å². The van der Waals surface area contributed by atoms with Crippen molar-refractivity contribution in [2.75, 3.05) is 6.61 Å². The van der Waals surface area contributed by atoms with Crippen molar-refractivity contribution in [3.63, 3.8) is 0 Å². The van der Waals surface area contributed by atoms with Crippen LogP contribution in [0.3, 0.4) is 0 Å². The van der Waals surface area contributed by atoms with Crippen LogP contribution in [0.4, 0.5) is 0 Å². The molecule has 0 aliphatic heterocycles. The standard InChI is InChI=1S/C17H17Br2NO3.ClH/c1-2-23-16-13(7-14(18)8-15(16)19)10-20-9-11-3-5-12(6-4-11)17(21)22;/h3-8,20H,2,9-10H2,1H3,(H,21,22);1H. The summed E-state index contributed by atoms with van der Waals surface area (Å²) in [5, 5.41) is 12.2. The van der Waals surface area contributed by atoms with Gasteiger partial charge >= 0.3 is 5.97 Å². The number of nitrogens with one attached hydrogen (secondary N) is 1. The lowest BCUT2D eigenvalue weighted by Gasteiger charge is -2.14. The summed E-state index contributed by atoms with van der Waals surface area (Å²) in [5.41, 5.74) is 2.38. The summed E-state index contributed by atoms with van der Waals surface area (Å²) < 4.78 is 7.59. The quantitative estimate of drug-likeness (QED) is 0.586. The first-order chi connectivity index (χ1) is 11.0. The minimum atomic E-state index is -0.912. The van der Waals surface area contributed by atoms with Gasteiger partial charge in [-0.25, -0.2) is 4.79 Å². The van der Waals surface area contributed by atoms with Crippen LogP contribution in [0.15, 0.2) is 45.3 Å². The Bertz CT molecular complexity index is 693. The number of halogens is 3. The molecule has 24 heavy (non-hydrogen) atoms. The van der Waals surface area contributed by atoms with Crippen molar-refractivity contribution in [3.8, 4) is 5.75 Å². The second kappa shape index (κ2) is 10.0. The zero-order valence-electron chi connectivity index (χ0n) is 13.0. The van der Waals surface area contributed by atoms with Crippen LogP contribution in [-0.2, 0) is 13.1 Å². The molecule has 0 unspecified atom stereocenters. The normalized spacial score (nSPS) is 10.1. The van der Waals surface area contributed by atoms with Crippen LogP contribution in [-0.4, -0.2) is 17.7 Å². The molecular weight excluding hydrogens is 461 g/mol. The Morgan fingerprint density at radius 3 is 2.42 bits per heavy atom.